The zero-order chi connectivity index (χ0) is 30.9. The van der Waals surface area contributed by atoms with Gasteiger partial charge in [0.05, 0.1) is 41.0 Å². The summed E-state index contributed by atoms with van der Waals surface area (Å²) in [6, 6.07) is 20.6. The van der Waals surface area contributed by atoms with Crippen molar-refractivity contribution >= 4 is 21.8 Å². The molecule has 5 heterocycles. The van der Waals surface area contributed by atoms with E-state index in [1.165, 1.54) is 12.1 Å². The Hall–Kier alpha value is -5.45. The second-order valence-corrected chi connectivity index (χ2v) is 11.3. The molecule has 0 amide bonds. The molecule has 1 atom stereocenters. The van der Waals surface area contributed by atoms with Gasteiger partial charge < -0.3 is 20.4 Å². The topological polar surface area (TPSA) is 122 Å². The van der Waals surface area contributed by atoms with Crippen LogP contribution in [0.15, 0.2) is 97.7 Å². The third-order valence-corrected chi connectivity index (χ3v) is 7.73. The fourth-order valence-electron chi connectivity index (χ4n) is 5.55. The van der Waals surface area contributed by atoms with E-state index >= 15 is 0 Å². The number of benzene rings is 2. The smallest absolute Gasteiger partial charge is 0.138 e. The molecule has 0 saturated carbocycles. The van der Waals surface area contributed by atoms with E-state index in [1.807, 2.05) is 73.6 Å². The van der Waals surface area contributed by atoms with Crippen LogP contribution in [0.5, 0.6) is 5.75 Å². The van der Waals surface area contributed by atoms with Gasteiger partial charge in [-0.3, -0.25) is 20.1 Å². The Morgan fingerprint density at radius 1 is 0.867 bits per heavy atom. The lowest BCUT2D eigenvalue weighted by atomic mass is 9.98. The van der Waals surface area contributed by atoms with Gasteiger partial charge in [0.15, 0.2) is 0 Å². The van der Waals surface area contributed by atoms with Crippen molar-refractivity contribution in [3.63, 3.8) is 0 Å². The maximum Gasteiger partial charge on any atom is 0.138 e. The van der Waals surface area contributed by atoms with E-state index in [0.29, 0.717) is 24.5 Å². The van der Waals surface area contributed by atoms with Crippen LogP contribution in [0.1, 0.15) is 17.2 Å². The molecular weight excluding hydrogens is 567 g/mol. The summed E-state index contributed by atoms with van der Waals surface area (Å²) >= 11 is 0. The number of nitrogens with one attached hydrogen (secondary N) is 2. The summed E-state index contributed by atoms with van der Waals surface area (Å²) in [5.74, 6) is 0.316. The monoisotopic (exact) mass is 598 g/mol. The Kier molecular flexibility index (Phi) is 7.50. The third-order valence-electron chi connectivity index (χ3n) is 7.73. The highest BCUT2D eigenvalue weighted by Crippen LogP contribution is 2.35. The minimum atomic E-state index is -0.341. The van der Waals surface area contributed by atoms with Gasteiger partial charge in [0.25, 0.3) is 0 Å². The van der Waals surface area contributed by atoms with Crippen LogP contribution in [0.25, 0.3) is 55.6 Å². The zero-order valence-electron chi connectivity index (χ0n) is 24.8. The highest BCUT2D eigenvalue weighted by Gasteiger charge is 2.17. The SMILES string of the molecule is CN(C)CC(N)c1cc(F)cc(-c2cncc3[nH]c(-c4n[nH]c5cnc(-c6cncc(OCc7ccccc7)c6)cc45)cc23)c1. The number of pyridine rings is 3. The lowest BCUT2D eigenvalue weighted by Gasteiger charge is -2.18. The second kappa shape index (κ2) is 11.9. The molecule has 1 unspecified atom stereocenters. The van der Waals surface area contributed by atoms with Gasteiger partial charge in [-0.15, -0.1) is 0 Å². The molecule has 0 spiro atoms. The number of aromatic amines is 2. The molecule has 4 N–H and O–H groups in total. The fraction of sp³-hybridized carbons (Fsp3) is 0.143. The molecule has 7 rings (SSSR count). The van der Waals surface area contributed by atoms with Crippen LogP contribution in [-0.2, 0) is 6.61 Å². The molecule has 0 bridgehead atoms. The first-order valence-corrected chi connectivity index (χ1v) is 14.6. The van der Waals surface area contributed by atoms with Crippen molar-refractivity contribution < 1.29 is 9.13 Å². The molecule has 0 aliphatic carbocycles. The van der Waals surface area contributed by atoms with Crippen molar-refractivity contribution in [2.45, 2.75) is 12.6 Å². The van der Waals surface area contributed by atoms with Gasteiger partial charge in [-0.05, 0) is 67.2 Å². The van der Waals surface area contributed by atoms with E-state index in [4.69, 9.17) is 10.5 Å². The minimum Gasteiger partial charge on any atom is -0.487 e. The number of H-pyrrole nitrogens is 2. The lowest BCUT2D eigenvalue weighted by molar-refractivity contribution is 0.305. The Balaban J connectivity index is 1.22. The maximum absolute atomic E-state index is 14.8. The summed E-state index contributed by atoms with van der Waals surface area (Å²) in [6.45, 7) is 1.05. The molecule has 0 radical (unpaired) electrons. The van der Waals surface area contributed by atoms with Crippen molar-refractivity contribution in [1.82, 2.24) is 35.0 Å². The highest BCUT2D eigenvalue weighted by atomic mass is 19.1. The van der Waals surface area contributed by atoms with Crippen LogP contribution in [0, 0.1) is 5.82 Å². The summed E-state index contributed by atoms with van der Waals surface area (Å²) in [5.41, 5.74) is 14.4. The molecule has 0 saturated heterocycles. The summed E-state index contributed by atoms with van der Waals surface area (Å²) in [6.07, 6.45) is 8.73. The molecule has 7 aromatic rings. The first-order valence-electron chi connectivity index (χ1n) is 14.6. The summed E-state index contributed by atoms with van der Waals surface area (Å²) in [5, 5.41) is 9.50. The van der Waals surface area contributed by atoms with Gasteiger partial charge in [-0.25, -0.2) is 4.39 Å². The number of aromatic nitrogens is 6. The minimum absolute atomic E-state index is 0.326. The molecule has 9 nitrogen and oxygen atoms in total. The fourth-order valence-corrected chi connectivity index (χ4v) is 5.55. The van der Waals surface area contributed by atoms with Crippen molar-refractivity contribution in [2.24, 2.45) is 5.73 Å². The third kappa shape index (κ3) is 5.88. The normalized spacial score (nSPS) is 12.3. The zero-order valence-corrected chi connectivity index (χ0v) is 24.8. The van der Waals surface area contributed by atoms with Gasteiger partial charge in [0, 0.05) is 46.9 Å². The average molecular weight is 599 g/mol. The van der Waals surface area contributed by atoms with E-state index in [1.54, 1.807) is 31.0 Å². The number of halogens is 1. The number of fused-ring (bicyclic) bond motifs is 2. The van der Waals surface area contributed by atoms with Crippen molar-refractivity contribution in [1.29, 1.82) is 0 Å². The van der Waals surface area contributed by atoms with Gasteiger partial charge in [-0.1, -0.05) is 30.3 Å². The van der Waals surface area contributed by atoms with E-state index in [0.717, 1.165) is 61.1 Å². The van der Waals surface area contributed by atoms with Crippen LogP contribution in [0.2, 0.25) is 0 Å². The summed E-state index contributed by atoms with van der Waals surface area (Å²) < 4.78 is 20.8. The quantitative estimate of drug-likeness (QED) is 0.173. The molecular formula is C35H31FN8O. The lowest BCUT2D eigenvalue weighted by Crippen LogP contribution is -2.26. The average Bonchev–Trinajstić information content (AvgIpc) is 3.68. The van der Waals surface area contributed by atoms with Crippen LogP contribution >= 0.6 is 0 Å². The van der Waals surface area contributed by atoms with Crippen LogP contribution in [-0.4, -0.2) is 55.7 Å². The van der Waals surface area contributed by atoms with Gasteiger partial charge >= 0.3 is 0 Å². The van der Waals surface area contributed by atoms with Crippen LogP contribution in [0.4, 0.5) is 4.39 Å². The van der Waals surface area contributed by atoms with Gasteiger partial charge in [0.1, 0.15) is 23.9 Å². The van der Waals surface area contributed by atoms with Crippen molar-refractivity contribution in [3.05, 3.63) is 115 Å². The molecule has 0 fully saturated rings. The first kappa shape index (κ1) is 28.3. The van der Waals surface area contributed by atoms with Crippen molar-refractivity contribution in [2.75, 3.05) is 20.6 Å². The number of rotatable bonds is 9. The molecule has 224 valence electrons. The first-order chi connectivity index (χ1) is 21.9. The number of ether oxygens (including phenoxy) is 1. The molecule has 2 aromatic carbocycles. The van der Waals surface area contributed by atoms with Gasteiger partial charge in [-0.2, -0.15) is 5.10 Å². The molecule has 10 heteroatoms. The number of likely N-dealkylation sites (N-methyl/N-ethyl adjacent to an activating group) is 1. The second-order valence-electron chi connectivity index (χ2n) is 11.3. The summed E-state index contributed by atoms with van der Waals surface area (Å²) in [4.78, 5) is 18.9. The Labute approximate surface area is 258 Å². The predicted octanol–water partition coefficient (Wildman–Crippen LogP) is 6.51. The summed E-state index contributed by atoms with van der Waals surface area (Å²) in [7, 11) is 3.89. The maximum atomic E-state index is 14.8. The largest absolute Gasteiger partial charge is 0.487 e. The van der Waals surface area contributed by atoms with E-state index in [2.05, 4.69) is 30.1 Å². The van der Waals surface area contributed by atoms with Crippen LogP contribution < -0.4 is 10.5 Å². The van der Waals surface area contributed by atoms with E-state index in [-0.39, 0.29) is 11.9 Å². The molecule has 0 aliphatic rings. The molecule has 5 aromatic heterocycles. The molecule has 45 heavy (non-hydrogen) atoms. The van der Waals surface area contributed by atoms with E-state index in [9.17, 15) is 4.39 Å². The van der Waals surface area contributed by atoms with Crippen LogP contribution in [0.3, 0.4) is 0 Å². The Morgan fingerprint density at radius 3 is 2.56 bits per heavy atom. The highest BCUT2D eigenvalue weighted by molar-refractivity contribution is 6.01. The van der Waals surface area contributed by atoms with Crippen molar-refractivity contribution in [3.8, 4) is 39.5 Å². The number of hydrogen-bond acceptors (Lipinski definition) is 7. The standard InChI is InChI=1S/C35H31FN8O/c1-44(2)19-30(37)23-8-22(9-25(36)10-23)29-16-39-17-33-27(29)12-32(41-33)35-28-13-31(40-18-34(28)42-43-35)24-11-26(15-38-14-24)45-20-21-6-4-3-5-7-21/h3-18,30,41H,19-20,37H2,1-2H3,(H,42,43). The molecule has 0 aliphatic heterocycles. The Bertz CT molecular complexity index is 2120. The number of nitrogens with two attached hydrogens (primary N) is 1. The number of hydrogen-bond donors (Lipinski definition) is 3. The Morgan fingerprint density at radius 2 is 1.71 bits per heavy atom. The number of nitrogens with zero attached hydrogens (tertiary/aromatic N) is 5. The predicted molar refractivity (Wildman–Crippen MR) is 174 cm³/mol. The van der Waals surface area contributed by atoms with E-state index < -0.39 is 0 Å². The van der Waals surface area contributed by atoms with Gasteiger partial charge in [0.2, 0.25) is 0 Å².